The zero-order valence-electron chi connectivity index (χ0n) is 20.5. The van der Waals surface area contributed by atoms with Crippen LogP contribution in [0.15, 0.2) is 83.8 Å². The Bertz CT molecular complexity index is 1570. The van der Waals surface area contributed by atoms with Gasteiger partial charge in [-0.25, -0.2) is 9.67 Å². The van der Waals surface area contributed by atoms with E-state index >= 15 is 0 Å². The minimum absolute atomic E-state index is 0.114. The van der Waals surface area contributed by atoms with Crippen LogP contribution in [0.25, 0.3) is 21.8 Å². The summed E-state index contributed by atoms with van der Waals surface area (Å²) >= 11 is 0. The molecule has 0 saturated carbocycles. The monoisotopic (exact) mass is 478 g/mol. The highest BCUT2D eigenvalue weighted by Crippen LogP contribution is 2.25. The van der Waals surface area contributed by atoms with E-state index in [0.717, 1.165) is 53.8 Å². The Morgan fingerprint density at radius 2 is 1.78 bits per heavy atom. The molecule has 3 heterocycles. The summed E-state index contributed by atoms with van der Waals surface area (Å²) in [4.78, 5) is 21.2. The molecule has 0 aliphatic carbocycles. The van der Waals surface area contributed by atoms with Crippen molar-refractivity contribution >= 4 is 27.8 Å². The predicted molar refractivity (Wildman–Crippen MR) is 145 cm³/mol. The summed E-state index contributed by atoms with van der Waals surface area (Å²) in [6.07, 6.45) is 3.97. The van der Waals surface area contributed by atoms with Gasteiger partial charge in [0, 0.05) is 19.1 Å². The molecule has 1 fully saturated rings. The number of likely N-dealkylation sites (N-methyl/N-ethyl adjacent to an activating group) is 1. The van der Waals surface area contributed by atoms with E-state index in [0.29, 0.717) is 30.2 Å². The topological polar surface area (TPSA) is 68.0 Å². The second-order valence-corrected chi connectivity index (χ2v) is 9.54. The van der Waals surface area contributed by atoms with Crippen molar-refractivity contribution in [2.45, 2.75) is 32.0 Å². The van der Waals surface area contributed by atoms with Gasteiger partial charge >= 0.3 is 0 Å². The van der Waals surface area contributed by atoms with Crippen molar-refractivity contribution in [1.29, 1.82) is 0 Å². The van der Waals surface area contributed by atoms with E-state index in [1.807, 2.05) is 43.4 Å². The fourth-order valence-corrected chi connectivity index (χ4v) is 5.33. The SMILES string of the molecule is CNC1CCCN(c2nc3cnn(Cc4cccc5ccccc45)c(=O)c3n2Cc2ccccc2)C1. The number of aromatic nitrogens is 4. The number of piperidine rings is 1. The van der Waals surface area contributed by atoms with Crippen molar-refractivity contribution in [2.75, 3.05) is 25.0 Å². The van der Waals surface area contributed by atoms with Gasteiger partial charge in [0.15, 0.2) is 0 Å². The normalized spacial score (nSPS) is 16.1. The van der Waals surface area contributed by atoms with Crippen LogP contribution in [-0.2, 0) is 13.1 Å². The molecule has 1 aliphatic rings. The molecule has 0 spiro atoms. The molecule has 1 unspecified atom stereocenters. The Hall–Kier alpha value is -3.97. The second kappa shape index (κ2) is 9.59. The molecule has 5 aromatic rings. The maximum atomic E-state index is 13.9. The van der Waals surface area contributed by atoms with Crippen molar-refractivity contribution in [2.24, 2.45) is 0 Å². The Morgan fingerprint density at radius 1 is 0.972 bits per heavy atom. The lowest BCUT2D eigenvalue weighted by Gasteiger charge is -2.33. The molecule has 3 aromatic carbocycles. The predicted octanol–water partition coefficient (Wildman–Crippen LogP) is 4.03. The number of nitrogens with zero attached hydrogens (tertiary/aromatic N) is 5. The summed E-state index contributed by atoms with van der Waals surface area (Å²) in [7, 11) is 2.01. The van der Waals surface area contributed by atoms with Gasteiger partial charge in [0.05, 0.1) is 19.3 Å². The average molecular weight is 479 g/mol. The fourth-order valence-electron chi connectivity index (χ4n) is 5.33. The number of nitrogens with one attached hydrogen (secondary N) is 1. The van der Waals surface area contributed by atoms with Gasteiger partial charge in [0.1, 0.15) is 11.0 Å². The molecule has 2 aromatic heterocycles. The van der Waals surface area contributed by atoms with Crippen molar-refractivity contribution in [3.05, 3.63) is 100 Å². The molecule has 182 valence electrons. The molecular formula is C29H30N6O. The molecule has 0 bridgehead atoms. The first kappa shape index (κ1) is 22.5. The standard InChI is InChI=1S/C29H30N6O/c1-30-24-14-8-16-33(20-24)29-32-26-17-31-35(19-23-13-7-12-22-11-5-6-15-25(22)23)28(36)27(26)34(29)18-21-9-3-2-4-10-21/h2-7,9-13,15,17,24,30H,8,14,16,18-20H2,1H3. The lowest BCUT2D eigenvalue weighted by Crippen LogP contribution is -2.45. The van der Waals surface area contributed by atoms with Gasteiger partial charge in [-0.1, -0.05) is 72.8 Å². The smallest absolute Gasteiger partial charge is 0.293 e. The number of anilines is 1. The molecule has 36 heavy (non-hydrogen) atoms. The number of hydrogen-bond donors (Lipinski definition) is 1. The third kappa shape index (κ3) is 4.16. The van der Waals surface area contributed by atoms with Crippen LogP contribution in [0.3, 0.4) is 0 Å². The van der Waals surface area contributed by atoms with Crippen molar-refractivity contribution in [3.63, 3.8) is 0 Å². The highest BCUT2D eigenvalue weighted by molar-refractivity contribution is 5.85. The lowest BCUT2D eigenvalue weighted by molar-refractivity contribution is 0.442. The summed E-state index contributed by atoms with van der Waals surface area (Å²) in [5.41, 5.74) is 3.35. The molecule has 1 aliphatic heterocycles. The van der Waals surface area contributed by atoms with Crippen LogP contribution >= 0.6 is 0 Å². The fraction of sp³-hybridized carbons (Fsp3) is 0.276. The van der Waals surface area contributed by atoms with Crippen molar-refractivity contribution in [3.8, 4) is 0 Å². The van der Waals surface area contributed by atoms with E-state index in [4.69, 9.17) is 4.98 Å². The van der Waals surface area contributed by atoms with Crippen LogP contribution in [-0.4, -0.2) is 45.5 Å². The van der Waals surface area contributed by atoms with Crippen LogP contribution in [0.5, 0.6) is 0 Å². The molecule has 7 nitrogen and oxygen atoms in total. The molecule has 0 amide bonds. The maximum absolute atomic E-state index is 13.9. The maximum Gasteiger partial charge on any atom is 0.293 e. The van der Waals surface area contributed by atoms with Gasteiger partial charge in [0.25, 0.3) is 5.56 Å². The Balaban J connectivity index is 1.47. The van der Waals surface area contributed by atoms with Crippen LogP contribution in [0.1, 0.15) is 24.0 Å². The summed E-state index contributed by atoms with van der Waals surface area (Å²) < 4.78 is 3.66. The van der Waals surface area contributed by atoms with E-state index in [1.54, 1.807) is 10.9 Å². The minimum Gasteiger partial charge on any atom is -0.341 e. The van der Waals surface area contributed by atoms with Gasteiger partial charge in [-0.05, 0) is 41.8 Å². The first-order chi connectivity index (χ1) is 17.7. The van der Waals surface area contributed by atoms with E-state index in [9.17, 15) is 4.79 Å². The Labute approximate surface area is 210 Å². The molecule has 1 atom stereocenters. The molecular weight excluding hydrogens is 448 g/mol. The van der Waals surface area contributed by atoms with E-state index in [-0.39, 0.29) is 5.56 Å². The molecule has 6 rings (SSSR count). The summed E-state index contributed by atoms with van der Waals surface area (Å²) in [6, 6.07) is 25.1. The highest BCUT2D eigenvalue weighted by atomic mass is 16.1. The van der Waals surface area contributed by atoms with Crippen LogP contribution < -0.4 is 15.8 Å². The van der Waals surface area contributed by atoms with E-state index in [2.05, 4.69) is 56.3 Å². The second-order valence-electron chi connectivity index (χ2n) is 9.54. The Morgan fingerprint density at radius 3 is 2.64 bits per heavy atom. The van der Waals surface area contributed by atoms with Gasteiger partial charge < -0.3 is 14.8 Å². The van der Waals surface area contributed by atoms with Crippen LogP contribution in [0, 0.1) is 0 Å². The number of fused-ring (bicyclic) bond motifs is 2. The Kier molecular flexibility index (Phi) is 5.99. The molecule has 0 radical (unpaired) electrons. The largest absolute Gasteiger partial charge is 0.341 e. The third-order valence-corrected chi connectivity index (χ3v) is 7.23. The molecule has 1 N–H and O–H groups in total. The lowest BCUT2D eigenvalue weighted by atomic mass is 10.0. The number of imidazole rings is 1. The molecule has 1 saturated heterocycles. The van der Waals surface area contributed by atoms with Crippen LogP contribution in [0.2, 0.25) is 0 Å². The molecule has 7 heteroatoms. The summed E-state index contributed by atoms with van der Waals surface area (Å²) in [5, 5.41) is 10.3. The number of benzene rings is 3. The van der Waals surface area contributed by atoms with Gasteiger partial charge in [0.2, 0.25) is 5.95 Å². The quantitative estimate of drug-likeness (QED) is 0.399. The van der Waals surface area contributed by atoms with E-state index in [1.165, 1.54) is 0 Å². The third-order valence-electron chi connectivity index (χ3n) is 7.23. The first-order valence-electron chi connectivity index (χ1n) is 12.6. The van der Waals surface area contributed by atoms with E-state index < -0.39 is 0 Å². The van der Waals surface area contributed by atoms with Gasteiger partial charge in [-0.15, -0.1) is 0 Å². The summed E-state index contributed by atoms with van der Waals surface area (Å²) in [5.74, 6) is 0.843. The average Bonchev–Trinajstić information content (AvgIpc) is 3.30. The minimum atomic E-state index is -0.114. The van der Waals surface area contributed by atoms with Gasteiger partial charge in [-0.2, -0.15) is 5.10 Å². The zero-order valence-corrected chi connectivity index (χ0v) is 20.5. The summed E-state index contributed by atoms with van der Waals surface area (Å²) in [6.45, 7) is 2.79. The van der Waals surface area contributed by atoms with Crippen molar-refractivity contribution < 1.29 is 0 Å². The zero-order chi connectivity index (χ0) is 24.5. The van der Waals surface area contributed by atoms with Crippen molar-refractivity contribution in [1.82, 2.24) is 24.6 Å². The number of rotatable bonds is 6. The number of hydrogen-bond acceptors (Lipinski definition) is 5. The first-order valence-corrected chi connectivity index (χ1v) is 12.6. The van der Waals surface area contributed by atoms with Crippen LogP contribution in [0.4, 0.5) is 5.95 Å². The van der Waals surface area contributed by atoms with Gasteiger partial charge in [-0.3, -0.25) is 4.79 Å². The highest BCUT2D eigenvalue weighted by Gasteiger charge is 2.25.